The van der Waals surface area contributed by atoms with Gasteiger partial charge in [-0.05, 0) is 56.0 Å². The lowest BCUT2D eigenvalue weighted by Crippen LogP contribution is -2.15. The van der Waals surface area contributed by atoms with E-state index in [1.54, 1.807) is 6.07 Å². The van der Waals surface area contributed by atoms with Gasteiger partial charge >= 0.3 is 5.97 Å². The highest BCUT2D eigenvalue weighted by molar-refractivity contribution is 5.98. The molecule has 0 fully saturated rings. The zero-order valence-corrected chi connectivity index (χ0v) is 18.9. The number of aromatic hydroxyl groups is 1. The lowest BCUT2D eigenvalue weighted by Gasteiger charge is -2.15. The molecule has 0 spiro atoms. The number of benzene rings is 2. The van der Waals surface area contributed by atoms with Crippen LogP contribution in [-0.2, 0) is 11.2 Å². The first-order chi connectivity index (χ1) is 15.4. The highest BCUT2D eigenvalue weighted by Crippen LogP contribution is 2.39. The Morgan fingerprint density at radius 3 is 2.41 bits per heavy atom. The van der Waals surface area contributed by atoms with Gasteiger partial charge < -0.3 is 24.4 Å². The summed E-state index contributed by atoms with van der Waals surface area (Å²) in [4.78, 5) is 22.9. The van der Waals surface area contributed by atoms with Gasteiger partial charge in [-0.15, -0.1) is 0 Å². The predicted octanol–water partition coefficient (Wildman–Crippen LogP) is 4.88. The molecule has 1 unspecified atom stereocenters. The van der Waals surface area contributed by atoms with Gasteiger partial charge in [0.1, 0.15) is 5.75 Å². The number of aliphatic carboxylic acids is 1. The number of phenolic OH excluding ortho intramolecular Hbond substituents is 1. The molecule has 2 aromatic carbocycles. The Morgan fingerprint density at radius 1 is 1.00 bits per heavy atom. The third-order valence-corrected chi connectivity index (χ3v) is 4.96. The minimum atomic E-state index is -0.791. The topological polar surface area (TPSA) is 102 Å². The average Bonchev–Trinajstić information content (AvgIpc) is 2.76. The fourth-order valence-corrected chi connectivity index (χ4v) is 3.18. The Kier molecular flexibility index (Phi) is 9.85. The molecule has 0 aromatic heterocycles. The summed E-state index contributed by atoms with van der Waals surface area (Å²) in [7, 11) is 0. The van der Waals surface area contributed by atoms with Crippen LogP contribution in [0.3, 0.4) is 0 Å². The number of carboxylic acid groups (broad SMARTS) is 1. The van der Waals surface area contributed by atoms with Crippen LogP contribution in [0, 0.1) is 5.92 Å². The van der Waals surface area contributed by atoms with E-state index < -0.39 is 11.9 Å². The summed E-state index contributed by atoms with van der Waals surface area (Å²) in [6.07, 6.45) is 2.37. The summed E-state index contributed by atoms with van der Waals surface area (Å²) in [6, 6.07) is 10.6. The molecule has 1 atom stereocenters. The minimum absolute atomic E-state index is 0.178. The van der Waals surface area contributed by atoms with Gasteiger partial charge in [0.15, 0.2) is 17.3 Å². The van der Waals surface area contributed by atoms with Crippen LogP contribution in [-0.4, -0.2) is 41.8 Å². The van der Waals surface area contributed by atoms with Gasteiger partial charge in [-0.1, -0.05) is 26.0 Å². The van der Waals surface area contributed by atoms with E-state index in [4.69, 9.17) is 14.2 Å². The molecule has 0 amide bonds. The molecule has 7 heteroatoms. The molecular formula is C25H32O7. The van der Waals surface area contributed by atoms with E-state index >= 15 is 0 Å². The van der Waals surface area contributed by atoms with Crippen LogP contribution in [0.1, 0.15) is 56.0 Å². The molecule has 0 aliphatic rings. The molecule has 0 bridgehead atoms. The number of ketones is 1. The molecule has 174 valence electrons. The maximum absolute atomic E-state index is 11.7. The molecular weight excluding hydrogens is 412 g/mol. The Labute approximate surface area is 188 Å². The zero-order valence-electron chi connectivity index (χ0n) is 18.9. The van der Waals surface area contributed by atoms with Gasteiger partial charge in [0.2, 0.25) is 5.75 Å². The summed E-state index contributed by atoms with van der Waals surface area (Å²) in [5.41, 5.74) is 1.12. The van der Waals surface area contributed by atoms with E-state index in [0.717, 1.165) is 12.0 Å². The van der Waals surface area contributed by atoms with Crippen LogP contribution in [0.2, 0.25) is 0 Å². The Hall–Kier alpha value is -3.22. The van der Waals surface area contributed by atoms with Crippen LogP contribution in [0.4, 0.5) is 0 Å². The Balaban J connectivity index is 1.90. The summed E-state index contributed by atoms with van der Waals surface area (Å²) >= 11 is 0. The number of rotatable bonds is 14. The number of carboxylic acids is 1. The van der Waals surface area contributed by atoms with Crippen molar-refractivity contribution in [1.82, 2.24) is 0 Å². The first-order valence-corrected chi connectivity index (χ1v) is 10.9. The molecule has 2 aromatic rings. The summed E-state index contributed by atoms with van der Waals surface area (Å²) in [6.45, 7) is 6.33. The third-order valence-electron chi connectivity index (χ3n) is 4.96. The Morgan fingerprint density at radius 2 is 1.75 bits per heavy atom. The van der Waals surface area contributed by atoms with E-state index in [-0.39, 0.29) is 22.8 Å². The molecule has 0 aliphatic heterocycles. The zero-order chi connectivity index (χ0) is 23.5. The van der Waals surface area contributed by atoms with Crippen molar-refractivity contribution in [3.63, 3.8) is 0 Å². The second-order valence-electron chi connectivity index (χ2n) is 7.54. The molecule has 0 aliphatic carbocycles. The first kappa shape index (κ1) is 25.0. The van der Waals surface area contributed by atoms with Crippen molar-refractivity contribution in [2.45, 2.75) is 46.5 Å². The minimum Gasteiger partial charge on any atom is -0.504 e. The Bertz CT molecular complexity index is 907. The lowest BCUT2D eigenvalue weighted by molar-refractivity contribution is -0.141. The van der Waals surface area contributed by atoms with Crippen LogP contribution >= 0.6 is 0 Å². The number of carbonyl (C=O) groups excluding carboxylic acids is 1. The standard InChI is InChI=1S/C25H32O7/c1-4-12-32-24-22(11-10-21(17(3)26)23(24)27)31-14-7-13-30-20-9-6-8-18(16-20)15-19(5-2)25(28)29/h6,8-11,16,19,27H,4-5,7,12-15H2,1-3H3,(H,28,29). The maximum Gasteiger partial charge on any atom is 0.306 e. The largest absolute Gasteiger partial charge is 0.504 e. The predicted molar refractivity (Wildman–Crippen MR) is 121 cm³/mol. The smallest absolute Gasteiger partial charge is 0.306 e. The van der Waals surface area contributed by atoms with Gasteiger partial charge in [-0.3, -0.25) is 9.59 Å². The fraction of sp³-hybridized carbons (Fsp3) is 0.440. The molecule has 0 heterocycles. The van der Waals surface area contributed by atoms with Crippen molar-refractivity contribution in [2.24, 2.45) is 5.92 Å². The van der Waals surface area contributed by atoms with Gasteiger partial charge in [0.25, 0.3) is 0 Å². The van der Waals surface area contributed by atoms with Crippen LogP contribution in [0.5, 0.6) is 23.0 Å². The first-order valence-electron chi connectivity index (χ1n) is 10.9. The summed E-state index contributed by atoms with van der Waals surface area (Å²) in [5.74, 6) is -0.422. The highest BCUT2D eigenvalue weighted by atomic mass is 16.5. The number of phenols is 1. The van der Waals surface area contributed by atoms with Crippen LogP contribution in [0.25, 0.3) is 0 Å². The van der Waals surface area contributed by atoms with Crippen LogP contribution < -0.4 is 14.2 Å². The van der Waals surface area contributed by atoms with E-state index in [1.807, 2.05) is 38.1 Å². The molecule has 2 N–H and O–H groups in total. The molecule has 0 saturated carbocycles. The SMILES string of the molecule is CCCOc1c(OCCCOc2cccc(CC(CC)C(=O)O)c2)ccc(C(C)=O)c1O. The number of Topliss-reactive ketones (excluding diaryl/α,β-unsaturated/α-hetero) is 1. The third kappa shape index (κ3) is 7.18. The van der Waals surface area contributed by atoms with Gasteiger partial charge in [0, 0.05) is 6.42 Å². The summed E-state index contributed by atoms with van der Waals surface area (Å²) in [5, 5.41) is 19.6. The fourth-order valence-electron chi connectivity index (χ4n) is 3.18. The van der Waals surface area contributed by atoms with Crippen molar-refractivity contribution in [2.75, 3.05) is 19.8 Å². The van der Waals surface area contributed by atoms with E-state index in [1.165, 1.54) is 13.0 Å². The monoisotopic (exact) mass is 444 g/mol. The number of carbonyl (C=O) groups is 2. The molecule has 32 heavy (non-hydrogen) atoms. The maximum atomic E-state index is 11.7. The highest BCUT2D eigenvalue weighted by Gasteiger charge is 2.18. The van der Waals surface area contributed by atoms with Crippen molar-refractivity contribution < 1.29 is 34.0 Å². The quantitative estimate of drug-likeness (QED) is 0.316. The van der Waals surface area contributed by atoms with E-state index in [9.17, 15) is 19.8 Å². The van der Waals surface area contributed by atoms with Crippen molar-refractivity contribution in [1.29, 1.82) is 0 Å². The van der Waals surface area contributed by atoms with Gasteiger partial charge in [-0.25, -0.2) is 0 Å². The molecule has 0 radical (unpaired) electrons. The number of ether oxygens (including phenoxy) is 3. The number of hydrogen-bond donors (Lipinski definition) is 2. The van der Waals surface area contributed by atoms with E-state index in [2.05, 4.69) is 0 Å². The normalized spacial score (nSPS) is 11.6. The average molecular weight is 445 g/mol. The second-order valence-corrected chi connectivity index (χ2v) is 7.54. The second kappa shape index (κ2) is 12.6. The lowest BCUT2D eigenvalue weighted by atomic mass is 9.97. The molecule has 7 nitrogen and oxygen atoms in total. The van der Waals surface area contributed by atoms with Gasteiger partial charge in [0.05, 0.1) is 31.3 Å². The molecule has 2 rings (SSSR count). The van der Waals surface area contributed by atoms with Crippen LogP contribution in [0.15, 0.2) is 36.4 Å². The summed E-state index contributed by atoms with van der Waals surface area (Å²) < 4.78 is 17.1. The van der Waals surface area contributed by atoms with E-state index in [0.29, 0.717) is 50.6 Å². The van der Waals surface area contributed by atoms with Crippen molar-refractivity contribution >= 4 is 11.8 Å². The van der Waals surface area contributed by atoms with Crippen molar-refractivity contribution in [3.05, 3.63) is 47.5 Å². The number of hydrogen-bond acceptors (Lipinski definition) is 6. The van der Waals surface area contributed by atoms with Crippen molar-refractivity contribution in [3.8, 4) is 23.0 Å². The van der Waals surface area contributed by atoms with Gasteiger partial charge in [-0.2, -0.15) is 0 Å². The molecule has 0 saturated heterocycles.